The van der Waals surface area contributed by atoms with Gasteiger partial charge in [-0.15, -0.1) is 0 Å². The van der Waals surface area contributed by atoms with Gasteiger partial charge in [0, 0.05) is 28.9 Å². The van der Waals surface area contributed by atoms with Crippen LogP contribution < -0.4 is 0 Å². The molecule has 0 aromatic rings. The molecule has 1 nitrogen and oxygen atoms in total. The van der Waals surface area contributed by atoms with Gasteiger partial charge in [-0.05, 0) is 37.5 Å². The summed E-state index contributed by atoms with van der Waals surface area (Å²) in [7, 11) is 0. The summed E-state index contributed by atoms with van der Waals surface area (Å²) in [5.41, 5.74) is 0. The molecule has 0 aromatic carbocycles. The molecule has 0 spiro atoms. The van der Waals surface area contributed by atoms with Crippen LogP contribution in [0.25, 0.3) is 0 Å². The standard InChI is InChI=1S/C12H18O.C5H10.Fe/c13-12-10-5-2-1-4-8(10)9-6-3-7-11(9)12;1-2-4-5-3-1;/h8-11H,1-7H2;1-5H2;. The van der Waals surface area contributed by atoms with E-state index >= 15 is 0 Å². The largest absolute Gasteiger partial charge is 0.299 e. The molecule has 0 saturated heterocycles. The topological polar surface area (TPSA) is 17.1 Å². The maximum atomic E-state index is 12.0. The summed E-state index contributed by atoms with van der Waals surface area (Å²) < 4.78 is 0. The van der Waals surface area contributed by atoms with E-state index < -0.39 is 0 Å². The van der Waals surface area contributed by atoms with Crippen molar-refractivity contribution in [1.29, 1.82) is 0 Å². The maximum Gasteiger partial charge on any atom is 0.139 e. The summed E-state index contributed by atoms with van der Waals surface area (Å²) >= 11 is 0. The first kappa shape index (κ1) is 15.6. The van der Waals surface area contributed by atoms with Crippen molar-refractivity contribution >= 4 is 5.78 Å². The number of carbonyl (C=O) groups excluding carboxylic acids is 1. The summed E-state index contributed by atoms with van der Waals surface area (Å²) in [6.07, 6.45) is 16.7. The first-order valence-electron chi connectivity index (χ1n) is 8.41. The van der Waals surface area contributed by atoms with Crippen LogP contribution in [0.1, 0.15) is 77.0 Å². The van der Waals surface area contributed by atoms with E-state index in [4.69, 9.17) is 0 Å². The molecule has 0 bridgehead atoms. The predicted molar refractivity (Wildman–Crippen MR) is 74.4 cm³/mol. The molecule has 19 heavy (non-hydrogen) atoms. The number of hydrogen-bond acceptors (Lipinski definition) is 1. The molecule has 0 heterocycles. The molecule has 4 rings (SSSR count). The molecular formula is C17H28FeO. The van der Waals surface area contributed by atoms with E-state index in [9.17, 15) is 4.79 Å². The van der Waals surface area contributed by atoms with E-state index in [0.29, 0.717) is 17.6 Å². The molecular weight excluding hydrogens is 276 g/mol. The van der Waals surface area contributed by atoms with Gasteiger partial charge in [-0.25, -0.2) is 0 Å². The summed E-state index contributed by atoms with van der Waals surface area (Å²) in [5, 5.41) is 0. The van der Waals surface area contributed by atoms with Gasteiger partial charge in [-0.3, -0.25) is 4.79 Å². The zero-order chi connectivity index (χ0) is 12.4. The second kappa shape index (κ2) is 7.27. The summed E-state index contributed by atoms with van der Waals surface area (Å²) in [4.78, 5) is 12.0. The van der Waals surface area contributed by atoms with Crippen LogP contribution in [0.15, 0.2) is 0 Å². The fraction of sp³-hybridized carbons (Fsp3) is 0.941. The zero-order valence-corrected chi connectivity index (χ0v) is 13.2. The van der Waals surface area contributed by atoms with Gasteiger partial charge in [0.05, 0.1) is 0 Å². The quantitative estimate of drug-likeness (QED) is 0.591. The molecule has 4 aliphatic carbocycles. The Hall–Kier alpha value is 0.189. The summed E-state index contributed by atoms with van der Waals surface area (Å²) in [6, 6.07) is 0. The van der Waals surface area contributed by atoms with Crippen LogP contribution in [-0.2, 0) is 21.9 Å². The van der Waals surface area contributed by atoms with Crippen molar-refractivity contribution in [2.24, 2.45) is 23.7 Å². The summed E-state index contributed by atoms with van der Waals surface area (Å²) in [6.45, 7) is 0. The minimum Gasteiger partial charge on any atom is -0.299 e. The first-order chi connectivity index (χ1) is 8.88. The number of fused-ring (bicyclic) bond motifs is 3. The van der Waals surface area contributed by atoms with Crippen LogP contribution in [0, 0.1) is 23.7 Å². The molecule has 2 heteroatoms. The van der Waals surface area contributed by atoms with Crippen LogP contribution in [0.5, 0.6) is 0 Å². The van der Waals surface area contributed by atoms with Crippen molar-refractivity contribution in [3.8, 4) is 0 Å². The van der Waals surface area contributed by atoms with Gasteiger partial charge in [0.15, 0.2) is 0 Å². The Morgan fingerprint density at radius 2 is 1.00 bits per heavy atom. The third-order valence-electron chi connectivity index (χ3n) is 5.92. The Morgan fingerprint density at radius 1 is 0.579 bits per heavy atom. The first-order valence-corrected chi connectivity index (χ1v) is 8.41. The van der Waals surface area contributed by atoms with Crippen molar-refractivity contribution in [2.75, 3.05) is 0 Å². The minimum absolute atomic E-state index is 0. The normalized spacial score (nSPS) is 39.9. The zero-order valence-electron chi connectivity index (χ0n) is 12.1. The second-order valence-electron chi connectivity index (χ2n) is 6.93. The van der Waals surface area contributed by atoms with Gasteiger partial charge in [0.25, 0.3) is 0 Å². The SMILES string of the molecule is C1CCCC1.O=C1C2CCCCC2C2CCCC12.[Fe]. The van der Waals surface area contributed by atoms with E-state index in [1.165, 1.54) is 77.0 Å². The molecule has 0 radical (unpaired) electrons. The number of Topliss-reactive ketones (excluding diaryl/α,β-unsaturated/α-hetero) is 1. The maximum absolute atomic E-state index is 12.0. The third kappa shape index (κ3) is 3.27. The van der Waals surface area contributed by atoms with Crippen molar-refractivity contribution in [3.63, 3.8) is 0 Å². The van der Waals surface area contributed by atoms with Crippen LogP contribution in [0.3, 0.4) is 0 Å². The number of carbonyl (C=O) groups is 1. The van der Waals surface area contributed by atoms with E-state index in [-0.39, 0.29) is 17.1 Å². The van der Waals surface area contributed by atoms with Crippen molar-refractivity contribution in [1.82, 2.24) is 0 Å². The number of rotatable bonds is 0. The predicted octanol–water partition coefficient (Wildman–Crippen LogP) is 4.74. The number of hydrogen-bond donors (Lipinski definition) is 0. The van der Waals surface area contributed by atoms with E-state index in [1.54, 1.807) is 0 Å². The van der Waals surface area contributed by atoms with Gasteiger partial charge in [-0.2, -0.15) is 0 Å². The second-order valence-corrected chi connectivity index (χ2v) is 6.93. The molecule has 0 aromatic heterocycles. The van der Waals surface area contributed by atoms with Gasteiger partial charge in [0.2, 0.25) is 0 Å². The van der Waals surface area contributed by atoms with Crippen molar-refractivity contribution in [2.45, 2.75) is 77.0 Å². The molecule has 4 fully saturated rings. The van der Waals surface area contributed by atoms with E-state index in [2.05, 4.69) is 0 Å². The van der Waals surface area contributed by atoms with E-state index in [0.717, 1.165) is 11.8 Å². The van der Waals surface area contributed by atoms with Crippen LogP contribution in [0.4, 0.5) is 0 Å². The monoisotopic (exact) mass is 304 g/mol. The van der Waals surface area contributed by atoms with Crippen LogP contribution >= 0.6 is 0 Å². The fourth-order valence-electron chi connectivity index (χ4n) is 5.04. The molecule has 110 valence electrons. The van der Waals surface area contributed by atoms with Crippen LogP contribution in [0.2, 0.25) is 0 Å². The Kier molecular flexibility index (Phi) is 5.96. The van der Waals surface area contributed by atoms with Crippen LogP contribution in [-0.4, -0.2) is 5.78 Å². The Morgan fingerprint density at radius 3 is 1.58 bits per heavy atom. The van der Waals surface area contributed by atoms with Crippen molar-refractivity contribution < 1.29 is 21.9 Å². The van der Waals surface area contributed by atoms with Crippen molar-refractivity contribution in [3.05, 3.63) is 0 Å². The average Bonchev–Trinajstić information content (AvgIpc) is 3.13. The van der Waals surface area contributed by atoms with Gasteiger partial charge in [-0.1, -0.05) is 51.4 Å². The molecule has 0 amide bonds. The third-order valence-corrected chi connectivity index (χ3v) is 5.92. The molecule has 4 unspecified atom stereocenters. The Labute approximate surface area is 128 Å². The molecule has 0 aliphatic heterocycles. The minimum atomic E-state index is 0. The summed E-state index contributed by atoms with van der Waals surface area (Å²) in [5.74, 6) is 3.30. The average molecular weight is 304 g/mol. The molecule has 4 atom stereocenters. The smallest absolute Gasteiger partial charge is 0.139 e. The number of ketones is 1. The molecule has 4 saturated carbocycles. The Bertz CT molecular complexity index is 290. The molecule has 0 N–H and O–H groups in total. The van der Waals surface area contributed by atoms with E-state index in [1.807, 2.05) is 0 Å². The Balaban J connectivity index is 0.000000190. The van der Waals surface area contributed by atoms with Gasteiger partial charge < -0.3 is 0 Å². The van der Waals surface area contributed by atoms with Gasteiger partial charge in [0.1, 0.15) is 5.78 Å². The van der Waals surface area contributed by atoms with Gasteiger partial charge >= 0.3 is 0 Å². The fourth-order valence-corrected chi connectivity index (χ4v) is 5.04. The molecule has 4 aliphatic rings.